The van der Waals surface area contributed by atoms with Gasteiger partial charge in [-0.3, -0.25) is 4.57 Å². The van der Waals surface area contributed by atoms with Gasteiger partial charge in [-0.25, -0.2) is 9.97 Å². The molecule has 0 amide bonds. The largest absolute Gasteiger partial charge is 0.488 e. The highest BCUT2D eigenvalue weighted by molar-refractivity contribution is 5.81. The molecule has 7 heteroatoms. The summed E-state index contributed by atoms with van der Waals surface area (Å²) in [6.07, 6.45) is 3.54. The van der Waals surface area contributed by atoms with Crippen LogP contribution in [0.15, 0.2) is 79.3 Å². The quantitative estimate of drug-likeness (QED) is 0.339. The molecule has 1 atom stereocenters. The molecule has 2 aromatic heterocycles. The third-order valence-corrected chi connectivity index (χ3v) is 5.61. The number of hydrogen-bond donors (Lipinski definition) is 2. The number of ether oxygens (including phenoxy) is 1. The molecule has 0 spiro atoms. The van der Waals surface area contributed by atoms with Crippen molar-refractivity contribution in [1.82, 2.24) is 19.5 Å². The van der Waals surface area contributed by atoms with Gasteiger partial charge in [-0.15, -0.1) is 0 Å². The molecular weight excluding hydrogens is 424 g/mol. The molecular formula is C27H24N6O. The molecule has 0 fully saturated rings. The smallest absolute Gasteiger partial charge is 0.225 e. The maximum Gasteiger partial charge on any atom is 0.225 e. The number of nitrogens with zero attached hydrogens (tertiary/aromatic N) is 4. The lowest BCUT2D eigenvalue weighted by Crippen LogP contribution is -2.10. The summed E-state index contributed by atoms with van der Waals surface area (Å²) in [4.78, 5) is 13.7. The number of methoxy groups -OCH3 is 1. The van der Waals surface area contributed by atoms with Crippen molar-refractivity contribution < 1.29 is 4.74 Å². The Balaban J connectivity index is 1.34. The minimum atomic E-state index is 0.0864. The molecule has 7 nitrogen and oxygen atoms in total. The predicted molar refractivity (Wildman–Crippen MR) is 133 cm³/mol. The van der Waals surface area contributed by atoms with Crippen LogP contribution >= 0.6 is 0 Å². The molecule has 5 aromatic rings. The van der Waals surface area contributed by atoms with E-state index in [0.717, 1.165) is 28.1 Å². The second-order valence-corrected chi connectivity index (χ2v) is 7.85. The standard InChI is InChI=1S/C27H24N6O/c1-19(20-8-4-3-5-9-20)31-27-28-15-14-26(32-27)33-18-30-23-16-22(12-13-24(23)33)29-17-21-10-6-7-11-25(21)34-2/h3-6,8-10,12-16,18-19,29H,17H2,1-2H3,(H,28,31,32)/t19-/m0/s1. The lowest BCUT2D eigenvalue weighted by molar-refractivity contribution is 0.410. The number of rotatable bonds is 8. The molecule has 2 heterocycles. The van der Waals surface area contributed by atoms with Crippen molar-refractivity contribution in [3.63, 3.8) is 0 Å². The van der Waals surface area contributed by atoms with Gasteiger partial charge < -0.3 is 15.4 Å². The maximum absolute atomic E-state index is 5.36. The predicted octanol–water partition coefficient (Wildman–Crippen LogP) is 5.21. The summed E-state index contributed by atoms with van der Waals surface area (Å²) in [5.41, 5.74) is 4.99. The van der Waals surface area contributed by atoms with E-state index in [1.165, 1.54) is 5.56 Å². The summed E-state index contributed by atoms with van der Waals surface area (Å²) in [5.74, 6) is 2.01. The van der Waals surface area contributed by atoms with Crippen LogP contribution in [0.5, 0.6) is 5.75 Å². The van der Waals surface area contributed by atoms with Gasteiger partial charge in [0.05, 0.1) is 24.2 Å². The Morgan fingerprint density at radius 3 is 2.79 bits per heavy atom. The SMILES string of the molecule is COc1c#cccc1CNc1ccc2c(c1)ncn2-c1ccnc(N[C@@H](C)c2ccccc2)n1. The zero-order valence-electron chi connectivity index (χ0n) is 19.0. The third-order valence-electron chi connectivity index (χ3n) is 5.61. The summed E-state index contributed by atoms with van der Waals surface area (Å²) in [7, 11) is 1.64. The van der Waals surface area contributed by atoms with Crippen LogP contribution in [0.1, 0.15) is 24.1 Å². The fraction of sp³-hybridized carbons (Fsp3) is 0.148. The van der Waals surface area contributed by atoms with Crippen LogP contribution in [0.25, 0.3) is 16.9 Å². The van der Waals surface area contributed by atoms with E-state index in [0.29, 0.717) is 18.2 Å². The maximum atomic E-state index is 5.36. The van der Waals surface area contributed by atoms with E-state index >= 15 is 0 Å². The van der Waals surface area contributed by atoms with Crippen molar-refractivity contribution >= 4 is 22.7 Å². The van der Waals surface area contributed by atoms with Crippen molar-refractivity contribution in [1.29, 1.82) is 0 Å². The van der Waals surface area contributed by atoms with Gasteiger partial charge in [-0.05, 0) is 55.0 Å². The number of hydrogen-bond acceptors (Lipinski definition) is 6. The van der Waals surface area contributed by atoms with Gasteiger partial charge in [0.2, 0.25) is 5.95 Å². The lowest BCUT2D eigenvalue weighted by Gasteiger charge is -2.14. The number of nitrogens with one attached hydrogen (secondary N) is 2. The van der Waals surface area contributed by atoms with Crippen molar-refractivity contribution in [3.05, 3.63) is 103 Å². The molecule has 3 aromatic carbocycles. The molecule has 34 heavy (non-hydrogen) atoms. The normalized spacial score (nSPS) is 11.6. The average Bonchev–Trinajstić information content (AvgIpc) is 3.31. The number of aromatic nitrogens is 4. The second-order valence-electron chi connectivity index (χ2n) is 7.85. The number of fused-ring (bicyclic) bond motifs is 1. The van der Waals surface area contributed by atoms with Gasteiger partial charge in [-0.1, -0.05) is 36.4 Å². The van der Waals surface area contributed by atoms with Crippen LogP contribution in [0, 0.1) is 12.1 Å². The van der Waals surface area contributed by atoms with Gasteiger partial charge in [0, 0.05) is 24.0 Å². The molecule has 2 N–H and O–H groups in total. The van der Waals surface area contributed by atoms with Gasteiger partial charge in [0.25, 0.3) is 0 Å². The molecule has 0 saturated heterocycles. The zero-order valence-corrected chi connectivity index (χ0v) is 19.0. The Morgan fingerprint density at radius 1 is 1.06 bits per heavy atom. The van der Waals surface area contributed by atoms with E-state index in [2.05, 4.69) is 51.8 Å². The molecule has 0 radical (unpaired) electrons. The zero-order chi connectivity index (χ0) is 23.3. The Morgan fingerprint density at radius 2 is 1.94 bits per heavy atom. The highest BCUT2D eigenvalue weighted by Crippen LogP contribution is 2.23. The lowest BCUT2D eigenvalue weighted by atomic mass is 10.1. The van der Waals surface area contributed by atoms with Crippen LogP contribution in [0.4, 0.5) is 11.6 Å². The summed E-state index contributed by atoms with van der Waals surface area (Å²) in [5, 5.41) is 6.80. The Kier molecular flexibility index (Phi) is 5.95. The molecule has 0 bridgehead atoms. The van der Waals surface area contributed by atoms with Crippen LogP contribution in [0.2, 0.25) is 0 Å². The average molecular weight is 449 g/mol. The van der Waals surface area contributed by atoms with Crippen molar-refractivity contribution in [2.45, 2.75) is 19.5 Å². The fourth-order valence-corrected chi connectivity index (χ4v) is 3.80. The van der Waals surface area contributed by atoms with Gasteiger partial charge in [-0.2, -0.15) is 4.98 Å². The van der Waals surface area contributed by atoms with Crippen molar-refractivity contribution in [2.24, 2.45) is 0 Å². The Labute approximate surface area is 198 Å². The Hall–Kier alpha value is -4.57. The van der Waals surface area contributed by atoms with Crippen LogP contribution in [-0.4, -0.2) is 26.6 Å². The van der Waals surface area contributed by atoms with Crippen molar-refractivity contribution in [3.8, 4) is 11.6 Å². The van der Waals surface area contributed by atoms with Gasteiger partial charge in [0.1, 0.15) is 12.1 Å². The monoisotopic (exact) mass is 448 g/mol. The van der Waals surface area contributed by atoms with Crippen molar-refractivity contribution in [2.75, 3.05) is 17.7 Å². The van der Waals surface area contributed by atoms with E-state index in [4.69, 9.17) is 9.72 Å². The second kappa shape index (κ2) is 9.51. The summed E-state index contributed by atoms with van der Waals surface area (Å²) in [6.45, 7) is 2.70. The van der Waals surface area contributed by atoms with E-state index in [-0.39, 0.29) is 6.04 Å². The first kappa shape index (κ1) is 21.3. The first-order chi connectivity index (χ1) is 16.7. The third kappa shape index (κ3) is 4.48. The van der Waals surface area contributed by atoms with E-state index < -0.39 is 0 Å². The molecule has 0 saturated carbocycles. The van der Waals surface area contributed by atoms with E-state index in [1.54, 1.807) is 19.6 Å². The van der Waals surface area contributed by atoms with E-state index in [1.807, 2.05) is 59.2 Å². The summed E-state index contributed by atoms with van der Waals surface area (Å²) in [6, 6.07) is 28.0. The molecule has 168 valence electrons. The molecule has 0 aliphatic carbocycles. The minimum Gasteiger partial charge on any atom is -0.488 e. The van der Waals surface area contributed by atoms with Crippen LogP contribution < -0.4 is 15.4 Å². The van der Waals surface area contributed by atoms with Gasteiger partial charge in [0.15, 0.2) is 5.75 Å². The van der Waals surface area contributed by atoms with Crippen LogP contribution in [0.3, 0.4) is 0 Å². The highest BCUT2D eigenvalue weighted by Gasteiger charge is 2.11. The minimum absolute atomic E-state index is 0.0864. The number of imidazole rings is 1. The van der Waals surface area contributed by atoms with Gasteiger partial charge >= 0.3 is 0 Å². The highest BCUT2D eigenvalue weighted by atomic mass is 16.5. The molecule has 5 rings (SSSR count). The summed E-state index contributed by atoms with van der Waals surface area (Å²) < 4.78 is 7.32. The van der Waals surface area contributed by atoms with Crippen LogP contribution in [-0.2, 0) is 6.54 Å². The Bertz CT molecular complexity index is 1400. The summed E-state index contributed by atoms with van der Waals surface area (Å²) >= 11 is 0. The number of anilines is 2. The molecule has 0 aliphatic heterocycles. The molecule has 0 aliphatic rings. The first-order valence-electron chi connectivity index (χ1n) is 11.0. The molecule has 0 unspecified atom stereocenters. The fourth-order valence-electron chi connectivity index (χ4n) is 3.80. The topological polar surface area (TPSA) is 76.9 Å². The number of benzene rings is 2. The van der Waals surface area contributed by atoms with E-state index in [9.17, 15) is 0 Å². The first-order valence-corrected chi connectivity index (χ1v) is 11.0.